The van der Waals surface area contributed by atoms with Crippen LogP contribution in [0.5, 0.6) is 0 Å². The molecule has 1 aromatic heterocycles. The minimum Gasteiger partial charge on any atom is -0.469 e. The minimum atomic E-state index is -0.292. The second-order valence-electron chi connectivity index (χ2n) is 6.55. The first-order valence-corrected chi connectivity index (χ1v) is 8.34. The number of Topliss-reactive ketones (excluding diaryl/α,β-unsaturated/α-hetero) is 2. The summed E-state index contributed by atoms with van der Waals surface area (Å²) in [5.41, 5.74) is 2.58. The molecule has 6 heteroatoms. The van der Waals surface area contributed by atoms with Gasteiger partial charge in [-0.15, -0.1) is 0 Å². The summed E-state index contributed by atoms with van der Waals surface area (Å²) in [5.74, 6) is -0.297. The van der Waals surface area contributed by atoms with Crippen molar-refractivity contribution in [3.8, 4) is 0 Å². The maximum atomic E-state index is 12.8. The van der Waals surface area contributed by atoms with E-state index in [-0.39, 0.29) is 29.5 Å². The molecule has 0 saturated carbocycles. The smallest absolute Gasteiger partial charge is 0.308 e. The van der Waals surface area contributed by atoms with Crippen LogP contribution in [-0.4, -0.2) is 53.7 Å². The SMILES string of the molecule is COC(=O)C1CCN([C@@H](C)C(=O)c2[nH]c(C)c(C(C)=O)c2C)CC1. The van der Waals surface area contributed by atoms with Crippen molar-refractivity contribution in [1.82, 2.24) is 9.88 Å². The van der Waals surface area contributed by atoms with Gasteiger partial charge in [0.15, 0.2) is 11.6 Å². The van der Waals surface area contributed by atoms with Crippen molar-refractivity contribution in [3.63, 3.8) is 0 Å². The second kappa shape index (κ2) is 7.30. The molecule has 1 fully saturated rings. The van der Waals surface area contributed by atoms with E-state index in [9.17, 15) is 14.4 Å². The fourth-order valence-corrected chi connectivity index (χ4v) is 3.59. The molecule has 0 aromatic carbocycles. The highest BCUT2D eigenvalue weighted by Crippen LogP contribution is 2.24. The lowest BCUT2D eigenvalue weighted by atomic mass is 9.94. The third-order valence-electron chi connectivity index (χ3n) is 5.03. The topological polar surface area (TPSA) is 79.5 Å². The number of esters is 1. The Kier molecular flexibility index (Phi) is 5.59. The number of rotatable bonds is 5. The Morgan fingerprint density at radius 1 is 1.21 bits per heavy atom. The number of hydrogen-bond acceptors (Lipinski definition) is 5. The van der Waals surface area contributed by atoms with Gasteiger partial charge in [-0.1, -0.05) is 0 Å². The lowest BCUT2D eigenvalue weighted by Gasteiger charge is -2.34. The number of aromatic nitrogens is 1. The Balaban J connectivity index is 2.10. The fourth-order valence-electron chi connectivity index (χ4n) is 3.59. The second-order valence-corrected chi connectivity index (χ2v) is 6.55. The maximum Gasteiger partial charge on any atom is 0.308 e. The summed E-state index contributed by atoms with van der Waals surface area (Å²) < 4.78 is 4.79. The standard InChI is InChI=1S/C18H26N2O4/c1-10-15(13(4)21)11(2)19-16(10)17(22)12(3)20-8-6-14(7-9-20)18(23)24-5/h12,14,19H,6-9H2,1-5H3/t12-/m0/s1. The van der Waals surface area contributed by atoms with Crippen LogP contribution in [0.25, 0.3) is 0 Å². The van der Waals surface area contributed by atoms with E-state index in [1.54, 1.807) is 0 Å². The van der Waals surface area contributed by atoms with Gasteiger partial charge in [0, 0.05) is 11.3 Å². The molecule has 0 radical (unpaired) electrons. The predicted molar refractivity (Wildman–Crippen MR) is 90.4 cm³/mol. The summed E-state index contributed by atoms with van der Waals surface area (Å²) in [5, 5.41) is 0. The summed E-state index contributed by atoms with van der Waals surface area (Å²) in [6, 6.07) is -0.292. The molecule has 0 unspecified atom stereocenters. The third kappa shape index (κ3) is 3.43. The Morgan fingerprint density at radius 3 is 2.25 bits per heavy atom. The van der Waals surface area contributed by atoms with Crippen molar-refractivity contribution < 1.29 is 19.1 Å². The van der Waals surface area contributed by atoms with E-state index in [4.69, 9.17) is 4.74 Å². The molecule has 1 N–H and O–H groups in total. The van der Waals surface area contributed by atoms with Crippen LogP contribution in [0, 0.1) is 19.8 Å². The zero-order chi connectivity index (χ0) is 18.0. The molecule has 24 heavy (non-hydrogen) atoms. The highest BCUT2D eigenvalue weighted by molar-refractivity contribution is 6.05. The molecular formula is C18H26N2O4. The molecule has 0 spiro atoms. The molecule has 6 nitrogen and oxygen atoms in total. The molecule has 1 aliphatic rings. The molecule has 1 aliphatic heterocycles. The Bertz CT molecular complexity index is 654. The Morgan fingerprint density at radius 2 is 1.79 bits per heavy atom. The van der Waals surface area contributed by atoms with E-state index in [2.05, 4.69) is 9.88 Å². The van der Waals surface area contributed by atoms with Crippen LogP contribution in [0.15, 0.2) is 0 Å². The first kappa shape index (κ1) is 18.4. The predicted octanol–water partition coefficient (Wildman–Crippen LogP) is 2.29. The number of hydrogen-bond donors (Lipinski definition) is 1. The first-order chi connectivity index (χ1) is 11.3. The number of aromatic amines is 1. The lowest BCUT2D eigenvalue weighted by molar-refractivity contribution is -0.147. The number of nitrogens with one attached hydrogen (secondary N) is 1. The van der Waals surface area contributed by atoms with Crippen LogP contribution >= 0.6 is 0 Å². The van der Waals surface area contributed by atoms with Crippen molar-refractivity contribution >= 4 is 17.5 Å². The zero-order valence-corrected chi connectivity index (χ0v) is 15.1. The van der Waals surface area contributed by atoms with Gasteiger partial charge in [-0.2, -0.15) is 0 Å². The minimum absolute atomic E-state index is 0.0142. The monoisotopic (exact) mass is 334 g/mol. The van der Waals surface area contributed by atoms with E-state index >= 15 is 0 Å². The Labute approximate surface area is 142 Å². The van der Waals surface area contributed by atoms with Crippen LogP contribution in [-0.2, 0) is 9.53 Å². The number of carbonyl (C=O) groups is 3. The number of aryl methyl sites for hydroxylation is 1. The summed E-state index contributed by atoms with van der Waals surface area (Å²) in [6.45, 7) is 8.38. The highest BCUT2D eigenvalue weighted by atomic mass is 16.5. The van der Waals surface area contributed by atoms with Gasteiger partial charge in [-0.25, -0.2) is 0 Å². The summed E-state index contributed by atoms with van der Waals surface area (Å²) in [6.07, 6.45) is 1.40. The van der Waals surface area contributed by atoms with E-state index in [1.807, 2.05) is 20.8 Å². The number of H-pyrrole nitrogens is 1. The van der Waals surface area contributed by atoms with Crippen LogP contribution in [0.4, 0.5) is 0 Å². The molecule has 2 rings (SSSR count). The largest absolute Gasteiger partial charge is 0.469 e. The summed E-state index contributed by atoms with van der Waals surface area (Å²) >= 11 is 0. The van der Waals surface area contributed by atoms with Gasteiger partial charge in [-0.05, 0) is 59.2 Å². The number of methoxy groups -OCH3 is 1. The molecule has 2 heterocycles. The molecule has 0 amide bonds. The van der Waals surface area contributed by atoms with Gasteiger partial charge in [0.1, 0.15) is 0 Å². The summed E-state index contributed by atoms with van der Waals surface area (Å²) in [7, 11) is 1.41. The normalized spacial score (nSPS) is 17.5. The van der Waals surface area contributed by atoms with E-state index in [0.717, 1.165) is 11.3 Å². The Hall–Kier alpha value is -1.95. The van der Waals surface area contributed by atoms with E-state index < -0.39 is 0 Å². The summed E-state index contributed by atoms with van der Waals surface area (Å²) in [4.78, 5) is 41.4. The third-order valence-corrected chi connectivity index (χ3v) is 5.03. The highest BCUT2D eigenvalue weighted by Gasteiger charge is 2.32. The van der Waals surface area contributed by atoms with Gasteiger partial charge in [-0.3, -0.25) is 19.3 Å². The fraction of sp³-hybridized carbons (Fsp3) is 0.611. The molecule has 0 bridgehead atoms. The van der Waals surface area contributed by atoms with Gasteiger partial charge in [0.05, 0.1) is 24.8 Å². The van der Waals surface area contributed by atoms with E-state index in [0.29, 0.717) is 37.2 Å². The molecule has 1 atom stereocenters. The van der Waals surface area contributed by atoms with Crippen molar-refractivity contribution in [2.24, 2.45) is 5.92 Å². The van der Waals surface area contributed by atoms with Crippen LogP contribution in [0.2, 0.25) is 0 Å². The molecule has 1 aromatic rings. The molecule has 0 aliphatic carbocycles. The van der Waals surface area contributed by atoms with Crippen LogP contribution in [0.1, 0.15) is 58.8 Å². The van der Waals surface area contributed by atoms with Crippen molar-refractivity contribution in [2.45, 2.75) is 46.6 Å². The number of piperidine rings is 1. The van der Waals surface area contributed by atoms with Crippen molar-refractivity contribution in [1.29, 1.82) is 0 Å². The van der Waals surface area contributed by atoms with Gasteiger partial charge >= 0.3 is 5.97 Å². The number of ether oxygens (including phenoxy) is 1. The van der Waals surface area contributed by atoms with E-state index in [1.165, 1.54) is 14.0 Å². The van der Waals surface area contributed by atoms with Crippen molar-refractivity contribution in [3.05, 3.63) is 22.5 Å². The maximum absolute atomic E-state index is 12.8. The number of ketones is 2. The van der Waals surface area contributed by atoms with Gasteiger partial charge < -0.3 is 9.72 Å². The quantitative estimate of drug-likeness (QED) is 0.660. The van der Waals surface area contributed by atoms with Crippen LogP contribution in [0.3, 0.4) is 0 Å². The molecular weight excluding hydrogens is 308 g/mol. The van der Waals surface area contributed by atoms with Gasteiger partial charge in [0.2, 0.25) is 0 Å². The number of likely N-dealkylation sites (tertiary alicyclic amines) is 1. The lowest BCUT2D eigenvalue weighted by Crippen LogP contribution is -2.45. The zero-order valence-electron chi connectivity index (χ0n) is 15.1. The molecule has 1 saturated heterocycles. The average molecular weight is 334 g/mol. The average Bonchev–Trinajstić information content (AvgIpc) is 2.87. The van der Waals surface area contributed by atoms with Crippen LogP contribution < -0.4 is 0 Å². The number of nitrogens with zero attached hydrogens (tertiary/aromatic N) is 1. The number of carbonyl (C=O) groups excluding carboxylic acids is 3. The van der Waals surface area contributed by atoms with Gasteiger partial charge in [0.25, 0.3) is 0 Å². The molecule has 132 valence electrons. The van der Waals surface area contributed by atoms with Crippen molar-refractivity contribution in [2.75, 3.05) is 20.2 Å². The first-order valence-electron chi connectivity index (χ1n) is 8.34.